The highest BCUT2D eigenvalue weighted by atomic mass is 35.5. The normalized spacial score (nSPS) is 12.1. The minimum atomic E-state index is -0.647. The predicted octanol–water partition coefficient (Wildman–Crippen LogP) is 3.34. The molecule has 1 unspecified atom stereocenters. The third-order valence-electron chi connectivity index (χ3n) is 2.60. The van der Waals surface area contributed by atoms with E-state index in [1.807, 2.05) is 29.0 Å². The Hall–Kier alpha value is -1.01. The molecule has 0 fully saturated rings. The molecular formula is C14H14ClNO2S2. The molecule has 106 valence electrons. The fourth-order valence-corrected chi connectivity index (χ4v) is 3.09. The number of thiophene rings is 1. The molecule has 0 spiro atoms. The lowest BCUT2D eigenvalue weighted by molar-refractivity contribution is -0.119. The van der Waals surface area contributed by atoms with Gasteiger partial charge < -0.3 is 10.4 Å². The minimum Gasteiger partial charge on any atom is -0.387 e. The van der Waals surface area contributed by atoms with Gasteiger partial charge in [0, 0.05) is 16.5 Å². The lowest BCUT2D eigenvalue weighted by atomic mass is 10.2. The van der Waals surface area contributed by atoms with Gasteiger partial charge in [0.25, 0.3) is 0 Å². The Labute approximate surface area is 131 Å². The zero-order valence-electron chi connectivity index (χ0n) is 10.6. The summed E-state index contributed by atoms with van der Waals surface area (Å²) in [6, 6.07) is 9.19. The van der Waals surface area contributed by atoms with E-state index in [1.54, 1.807) is 12.1 Å². The van der Waals surface area contributed by atoms with Crippen LogP contribution in [0, 0.1) is 0 Å². The van der Waals surface area contributed by atoms with Crippen molar-refractivity contribution >= 4 is 40.6 Å². The van der Waals surface area contributed by atoms with Gasteiger partial charge in [0.1, 0.15) is 0 Å². The monoisotopic (exact) mass is 327 g/mol. The van der Waals surface area contributed by atoms with Crippen LogP contribution < -0.4 is 5.32 Å². The van der Waals surface area contributed by atoms with Crippen LogP contribution in [0.15, 0.2) is 46.0 Å². The molecule has 1 amide bonds. The van der Waals surface area contributed by atoms with Crippen LogP contribution in [0.1, 0.15) is 11.7 Å². The van der Waals surface area contributed by atoms with Crippen molar-refractivity contribution in [2.75, 3.05) is 12.3 Å². The first-order valence-electron chi connectivity index (χ1n) is 6.00. The van der Waals surface area contributed by atoms with Crippen LogP contribution in [-0.2, 0) is 4.79 Å². The quantitative estimate of drug-likeness (QED) is 0.800. The molecule has 1 aromatic carbocycles. The number of nitrogens with one attached hydrogen (secondary N) is 1. The van der Waals surface area contributed by atoms with Gasteiger partial charge in [-0.15, -0.1) is 11.8 Å². The second kappa shape index (κ2) is 7.69. The lowest BCUT2D eigenvalue weighted by Crippen LogP contribution is -2.29. The van der Waals surface area contributed by atoms with E-state index >= 15 is 0 Å². The molecule has 2 N–H and O–H groups in total. The van der Waals surface area contributed by atoms with Crippen molar-refractivity contribution in [2.24, 2.45) is 0 Å². The van der Waals surface area contributed by atoms with Crippen LogP contribution in [0.4, 0.5) is 0 Å². The maximum Gasteiger partial charge on any atom is 0.230 e. The average molecular weight is 328 g/mol. The Morgan fingerprint density at radius 1 is 1.35 bits per heavy atom. The third kappa shape index (κ3) is 4.83. The highest BCUT2D eigenvalue weighted by Crippen LogP contribution is 2.20. The molecule has 1 atom stereocenters. The van der Waals surface area contributed by atoms with E-state index in [1.165, 1.54) is 23.1 Å². The third-order valence-corrected chi connectivity index (χ3v) is 4.57. The summed E-state index contributed by atoms with van der Waals surface area (Å²) in [6.07, 6.45) is -0.647. The molecule has 0 aliphatic heterocycles. The molecule has 0 radical (unpaired) electrons. The van der Waals surface area contributed by atoms with Gasteiger partial charge in [-0.05, 0) is 46.7 Å². The van der Waals surface area contributed by atoms with E-state index in [9.17, 15) is 9.90 Å². The van der Waals surface area contributed by atoms with Gasteiger partial charge in [0.2, 0.25) is 5.91 Å². The van der Waals surface area contributed by atoms with Crippen molar-refractivity contribution in [1.29, 1.82) is 0 Å². The number of amides is 1. The Balaban J connectivity index is 1.71. The van der Waals surface area contributed by atoms with Crippen LogP contribution in [0.5, 0.6) is 0 Å². The first kappa shape index (κ1) is 15.4. The molecule has 1 aromatic heterocycles. The Morgan fingerprint density at radius 2 is 2.10 bits per heavy atom. The number of carbonyl (C=O) groups excluding carboxylic acids is 1. The number of thioether (sulfide) groups is 1. The highest BCUT2D eigenvalue weighted by Gasteiger charge is 2.10. The summed E-state index contributed by atoms with van der Waals surface area (Å²) in [5, 5.41) is 17.0. The molecule has 1 heterocycles. The maximum absolute atomic E-state index is 11.7. The smallest absolute Gasteiger partial charge is 0.230 e. The van der Waals surface area contributed by atoms with Crippen molar-refractivity contribution < 1.29 is 9.90 Å². The van der Waals surface area contributed by atoms with E-state index in [0.29, 0.717) is 10.8 Å². The maximum atomic E-state index is 11.7. The summed E-state index contributed by atoms with van der Waals surface area (Å²) in [5.41, 5.74) is 0.834. The van der Waals surface area contributed by atoms with Gasteiger partial charge in [0.05, 0.1) is 11.9 Å². The van der Waals surface area contributed by atoms with Crippen molar-refractivity contribution in [3.63, 3.8) is 0 Å². The summed E-state index contributed by atoms with van der Waals surface area (Å²) < 4.78 is 0. The van der Waals surface area contributed by atoms with E-state index in [4.69, 9.17) is 11.6 Å². The fraction of sp³-hybridized carbons (Fsp3) is 0.214. The standard InChI is InChI=1S/C14H14ClNO2S2/c15-11-1-3-12(4-2-11)20-9-14(18)16-7-13(17)10-5-6-19-8-10/h1-6,8,13,17H,7,9H2,(H,16,18). The molecule has 2 rings (SSSR count). The van der Waals surface area contributed by atoms with Gasteiger partial charge in [-0.2, -0.15) is 11.3 Å². The molecule has 20 heavy (non-hydrogen) atoms. The summed E-state index contributed by atoms with van der Waals surface area (Å²) in [5.74, 6) is 0.220. The van der Waals surface area contributed by atoms with Gasteiger partial charge in [-0.1, -0.05) is 11.6 Å². The first-order valence-corrected chi connectivity index (χ1v) is 8.31. The predicted molar refractivity (Wildman–Crippen MR) is 84.5 cm³/mol. The fourth-order valence-electron chi connectivity index (χ4n) is 1.52. The second-order valence-electron chi connectivity index (χ2n) is 4.12. The van der Waals surface area contributed by atoms with Crippen LogP contribution in [0.3, 0.4) is 0 Å². The van der Waals surface area contributed by atoms with Crippen LogP contribution >= 0.6 is 34.7 Å². The summed E-state index contributed by atoms with van der Waals surface area (Å²) in [7, 11) is 0. The van der Waals surface area contributed by atoms with E-state index in [2.05, 4.69) is 5.32 Å². The number of benzene rings is 1. The molecule has 0 aliphatic carbocycles. The topological polar surface area (TPSA) is 49.3 Å². The molecule has 6 heteroatoms. The molecule has 0 aliphatic rings. The summed E-state index contributed by atoms with van der Waals surface area (Å²) in [4.78, 5) is 12.7. The zero-order chi connectivity index (χ0) is 14.4. The lowest BCUT2D eigenvalue weighted by Gasteiger charge is -2.10. The van der Waals surface area contributed by atoms with Crippen molar-refractivity contribution in [1.82, 2.24) is 5.32 Å². The number of halogens is 1. The zero-order valence-corrected chi connectivity index (χ0v) is 13.0. The number of hydrogen-bond donors (Lipinski definition) is 2. The SMILES string of the molecule is O=C(CSc1ccc(Cl)cc1)NCC(O)c1ccsc1. The first-order chi connectivity index (χ1) is 9.65. The molecule has 2 aromatic rings. The Bertz CT molecular complexity index is 543. The Kier molecular flexibility index (Phi) is 5.91. The van der Waals surface area contributed by atoms with Gasteiger partial charge >= 0.3 is 0 Å². The summed E-state index contributed by atoms with van der Waals surface area (Å²) in [6.45, 7) is 0.233. The summed E-state index contributed by atoms with van der Waals surface area (Å²) >= 11 is 8.75. The molecule has 0 saturated heterocycles. The molecular weight excluding hydrogens is 314 g/mol. The van der Waals surface area contributed by atoms with Crippen LogP contribution in [-0.4, -0.2) is 23.3 Å². The number of aliphatic hydroxyl groups is 1. The largest absolute Gasteiger partial charge is 0.387 e. The number of aliphatic hydroxyl groups excluding tert-OH is 1. The van der Waals surface area contributed by atoms with Crippen molar-refractivity contribution in [3.05, 3.63) is 51.7 Å². The average Bonchev–Trinajstić information content (AvgIpc) is 2.98. The van der Waals surface area contributed by atoms with E-state index < -0.39 is 6.10 Å². The highest BCUT2D eigenvalue weighted by molar-refractivity contribution is 8.00. The number of hydrogen-bond acceptors (Lipinski definition) is 4. The molecule has 0 bridgehead atoms. The van der Waals surface area contributed by atoms with E-state index in [0.717, 1.165) is 10.5 Å². The minimum absolute atomic E-state index is 0.0979. The van der Waals surface area contributed by atoms with Crippen molar-refractivity contribution in [2.45, 2.75) is 11.0 Å². The number of carbonyl (C=O) groups is 1. The van der Waals surface area contributed by atoms with Crippen LogP contribution in [0.25, 0.3) is 0 Å². The van der Waals surface area contributed by atoms with Gasteiger partial charge in [-0.25, -0.2) is 0 Å². The van der Waals surface area contributed by atoms with Gasteiger partial charge in [0.15, 0.2) is 0 Å². The van der Waals surface area contributed by atoms with Crippen molar-refractivity contribution in [3.8, 4) is 0 Å². The Morgan fingerprint density at radius 3 is 2.75 bits per heavy atom. The molecule has 3 nitrogen and oxygen atoms in total. The van der Waals surface area contributed by atoms with Gasteiger partial charge in [-0.3, -0.25) is 4.79 Å². The molecule has 0 saturated carbocycles. The van der Waals surface area contributed by atoms with E-state index in [-0.39, 0.29) is 12.5 Å². The number of rotatable bonds is 6. The second-order valence-corrected chi connectivity index (χ2v) is 6.38. The van der Waals surface area contributed by atoms with Crippen LogP contribution in [0.2, 0.25) is 5.02 Å².